The van der Waals surface area contributed by atoms with E-state index in [0.29, 0.717) is 0 Å². The Morgan fingerprint density at radius 3 is 2.14 bits per heavy atom. The van der Waals surface area contributed by atoms with Gasteiger partial charge in [0.15, 0.2) is 0 Å². The van der Waals surface area contributed by atoms with Gasteiger partial charge in [-0.25, -0.2) is 0 Å². The number of hydrogen-bond acceptors (Lipinski definition) is 2. The highest BCUT2D eigenvalue weighted by Crippen LogP contribution is 2.35. The van der Waals surface area contributed by atoms with Crippen molar-refractivity contribution in [2.24, 2.45) is 0 Å². The van der Waals surface area contributed by atoms with Gasteiger partial charge in [-0.2, -0.15) is 0 Å². The third-order valence-electron chi connectivity index (χ3n) is 3.33. The van der Waals surface area contributed by atoms with Gasteiger partial charge in [0.2, 0.25) is 0 Å². The first-order valence-corrected chi connectivity index (χ1v) is 9.65. The number of hydrogen-bond donors (Lipinski definition) is 0. The normalized spacial score (nSPS) is 10.7. The second kappa shape index (κ2) is 9.97. The van der Waals surface area contributed by atoms with Gasteiger partial charge in [0.1, 0.15) is 0 Å². The van der Waals surface area contributed by atoms with Crippen LogP contribution in [-0.2, 0) is 0 Å². The molecule has 112 valence electrons. The van der Waals surface area contributed by atoms with Crippen molar-refractivity contribution >= 4 is 23.5 Å². The van der Waals surface area contributed by atoms with Crippen LogP contribution in [0, 0.1) is 0 Å². The molecule has 0 saturated heterocycles. The van der Waals surface area contributed by atoms with Crippen LogP contribution < -0.4 is 0 Å². The molecule has 0 atom stereocenters. The van der Waals surface area contributed by atoms with Crippen LogP contribution >= 0.6 is 23.5 Å². The van der Waals surface area contributed by atoms with Crippen LogP contribution in [0.4, 0.5) is 0 Å². The first-order chi connectivity index (χ1) is 10.4. The molecule has 0 unspecified atom stereocenters. The minimum atomic E-state index is 1.23. The molecule has 0 aliphatic heterocycles. The molecule has 0 aliphatic rings. The van der Waals surface area contributed by atoms with Crippen LogP contribution in [0.5, 0.6) is 0 Å². The smallest absolute Gasteiger partial charge is 0.0258 e. The summed E-state index contributed by atoms with van der Waals surface area (Å²) in [6.45, 7) is 2.27. The summed E-state index contributed by atoms with van der Waals surface area (Å²) in [6, 6.07) is 19.4. The van der Waals surface area contributed by atoms with E-state index in [-0.39, 0.29) is 0 Å². The summed E-state index contributed by atoms with van der Waals surface area (Å²) in [7, 11) is 0. The average Bonchev–Trinajstić information content (AvgIpc) is 2.53. The number of rotatable bonds is 9. The Labute approximate surface area is 137 Å². The van der Waals surface area contributed by atoms with Gasteiger partial charge in [0, 0.05) is 14.7 Å². The molecule has 2 rings (SSSR count). The van der Waals surface area contributed by atoms with Crippen molar-refractivity contribution in [1.82, 2.24) is 0 Å². The lowest BCUT2D eigenvalue weighted by Crippen LogP contribution is -1.84. The first-order valence-electron chi connectivity index (χ1n) is 7.85. The van der Waals surface area contributed by atoms with Gasteiger partial charge in [-0.1, -0.05) is 74.7 Å². The number of unbranched alkanes of at least 4 members (excludes halogenated alkanes) is 4. The topological polar surface area (TPSA) is 0 Å². The molecule has 0 nitrogen and oxygen atoms in total. The Morgan fingerprint density at radius 2 is 1.38 bits per heavy atom. The van der Waals surface area contributed by atoms with E-state index in [4.69, 9.17) is 0 Å². The molecule has 0 fully saturated rings. The molecule has 0 radical (unpaired) electrons. The lowest BCUT2D eigenvalue weighted by molar-refractivity contribution is 0.659. The minimum Gasteiger partial charge on any atom is -0.125 e. The van der Waals surface area contributed by atoms with Gasteiger partial charge in [-0.15, -0.1) is 11.8 Å². The van der Waals surface area contributed by atoms with E-state index in [1.165, 1.54) is 52.5 Å². The van der Waals surface area contributed by atoms with Gasteiger partial charge in [-0.3, -0.25) is 0 Å². The van der Waals surface area contributed by atoms with Crippen molar-refractivity contribution in [2.45, 2.75) is 53.7 Å². The highest BCUT2D eigenvalue weighted by atomic mass is 32.2. The lowest BCUT2D eigenvalue weighted by atomic mass is 10.2. The standard InChI is InChI=1S/C19H24S2/c1-2-3-4-5-11-16-20-18-14-9-10-15-19(18)21-17-12-7-6-8-13-17/h6-10,12-15H,2-5,11,16H2,1H3. The molecule has 0 amide bonds. The van der Waals surface area contributed by atoms with Crippen LogP contribution in [0.25, 0.3) is 0 Å². The molecule has 0 saturated carbocycles. The molecule has 0 spiro atoms. The molecular weight excluding hydrogens is 292 g/mol. The Balaban J connectivity index is 1.85. The molecule has 0 N–H and O–H groups in total. The van der Waals surface area contributed by atoms with E-state index in [0.717, 1.165) is 0 Å². The van der Waals surface area contributed by atoms with E-state index < -0.39 is 0 Å². The number of thioether (sulfide) groups is 1. The molecule has 0 heterocycles. The Bertz CT molecular complexity index is 508. The van der Waals surface area contributed by atoms with Crippen molar-refractivity contribution in [2.75, 3.05) is 5.75 Å². The predicted molar refractivity (Wildman–Crippen MR) is 96.5 cm³/mol. The summed E-state index contributed by atoms with van der Waals surface area (Å²) >= 11 is 3.87. The maximum absolute atomic E-state index is 2.27. The maximum Gasteiger partial charge on any atom is 0.0258 e. The third kappa shape index (κ3) is 6.19. The SMILES string of the molecule is CCCCCCCSc1ccccc1Sc1ccccc1. The van der Waals surface area contributed by atoms with E-state index >= 15 is 0 Å². The van der Waals surface area contributed by atoms with Crippen LogP contribution in [0.3, 0.4) is 0 Å². The van der Waals surface area contributed by atoms with Crippen molar-refractivity contribution in [3.63, 3.8) is 0 Å². The van der Waals surface area contributed by atoms with E-state index in [9.17, 15) is 0 Å². The largest absolute Gasteiger partial charge is 0.125 e. The van der Waals surface area contributed by atoms with E-state index in [2.05, 4.69) is 61.5 Å². The summed E-state index contributed by atoms with van der Waals surface area (Å²) in [5.74, 6) is 1.23. The third-order valence-corrected chi connectivity index (χ3v) is 5.70. The minimum absolute atomic E-state index is 1.23. The fraction of sp³-hybridized carbons (Fsp3) is 0.368. The quantitative estimate of drug-likeness (QED) is 0.364. The average molecular weight is 317 g/mol. The summed E-state index contributed by atoms with van der Waals surface area (Å²) in [5, 5.41) is 0. The van der Waals surface area contributed by atoms with Gasteiger partial charge in [-0.05, 0) is 36.4 Å². The fourth-order valence-corrected chi connectivity index (χ4v) is 4.27. The van der Waals surface area contributed by atoms with Gasteiger partial charge >= 0.3 is 0 Å². The van der Waals surface area contributed by atoms with E-state index in [1.807, 2.05) is 23.5 Å². The molecule has 2 aromatic carbocycles. The fourth-order valence-electron chi connectivity index (χ4n) is 2.16. The summed E-state index contributed by atoms with van der Waals surface area (Å²) < 4.78 is 0. The van der Waals surface area contributed by atoms with Crippen molar-refractivity contribution in [3.05, 3.63) is 54.6 Å². The number of benzene rings is 2. The van der Waals surface area contributed by atoms with Crippen LogP contribution in [-0.4, -0.2) is 5.75 Å². The zero-order valence-corrected chi connectivity index (χ0v) is 14.4. The molecule has 0 aliphatic carbocycles. The Kier molecular flexibility index (Phi) is 7.83. The van der Waals surface area contributed by atoms with E-state index in [1.54, 1.807) is 0 Å². The van der Waals surface area contributed by atoms with Crippen LogP contribution in [0.15, 0.2) is 69.3 Å². The van der Waals surface area contributed by atoms with Gasteiger partial charge in [0.25, 0.3) is 0 Å². The Morgan fingerprint density at radius 1 is 0.714 bits per heavy atom. The van der Waals surface area contributed by atoms with Crippen molar-refractivity contribution in [3.8, 4) is 0 Å². The molecular formula is C19H24S2. The van der Waals surface area contributed by atoms with Gasteiger partial charge < -0.3 is 0 Å². The monoisotopic (exact) mass is 316 g/mol. The molecule has 0 bridgehead atoms. The summed E-state index contributed by atoms with van der Waals surface area (Å²) in [4.78, 5) is 4.11. The highest BCUT2D eigenvalue weighted by Gasteiger charge is 2.04. The summed E-state index contributed by atoms with van der Waals surface area (Å²) in [6.07, 6.45) is 6.79. The second-order valence-corrected chi connectivity index (χ2v) is 7.38. The van der Waals surface area contributed by atoms with Crippen LogP contribution in [0.2, 0.25) is 0 Å². The Hall–Kier alpha value is -0.860. The second-order valence-electron chi connectivity index (χ2n) is 5.12. The highest BCUT2D eigenvalue weighted by molar-refractivity contribution is 8.02. The summed E-state index contributed by atoms with van der Waals surface area (Å²) in [5.41, 5.74) is 0. The van der Waals surface area contributed by atoms with Crippen molar-refractivity contribution in [1.29, 1.82) is 0 Å². The first kappa shape index (κ1) is 16.5. The molecule has 2 heteroatoms. The van der Waals surface area contributed by atoms with Crippen LogP contribution in [0.1, 0.15) is 39.0 Å². The van der Waals surface area contributed by atoms with Crippen molar-refractivity contribution < 1.29 is 0 Å². The molecule has 2 aromatic rings. The van der Waals surface area contributed by atoms with Gasteiger partial charge in [0.05, 0.1) is 0 Å². The zero-order valence-electron chi connectivity index (χ0n) is 12.8. The lowest BCUT2D eigenvalue weighted by Gasteiger charge is -2.08. The molecule has 21 heavy (non-hydrogen) atoms. The predicted octanol–water partition coefficient (Wildman–Crippen LogP) is 6.90. The maximum atomic E-state index is 2.27. The molecule has 0 aromatic heterocycles. The zero-order chi connectivity index (χ0) is 14.8.